The number of hydrogen-bond donors (Lipinski definition) is 1. The quantitative estimate of drug-likeness (QED) is 0.716. The molecular weight excluding hydrogens is 403 g/mol. The predicted octanol–water partition coefficient (Wildman–Crippen LogP) is 3.81. The van der Waals surface area contributed by atoms with Crippen molar-refractivity contribution in [1.29, 1.82) is 0 Å². The highest BCUT2D eigenvalue weighted by Gasteiger charge is 2.33. The topological polar surface area (TPSA) is 75.5 Å². The van der Waals surface area contributed by atoms with Gasteiger partial charge in [0, 0.05) is 19.0 Å². The van der Waals surface area contributed by atoms with Gasteiger partial charge in [-0.3, -0.25) is 4.90 Å². The molecule has 3 rings (SSSR count). The van der Waals surface area contributed by atoms with Crippen LogP contribution in [0, 0.1) is 18.3 Å². The molecule has 2 saturated heterocycles. The number of halogens is 1. The summed E-state index contributed by atoms with van der Waals surface area (Å²) in [6, 6.07) is 4.72. The zero-order valence-corrected chi connectivity index (χ0v) is 18.2. The van der Waals surface area contributed by atoms with Gasteiger partial charge in [0.15, 0.2) is 0 Å². The van der Waals surface area contributed by atoms with Gasteiger partial charge in [0.2, 0.25) is 6.54 Å². The van der Waals surface area contributed by atoms with Gasteiger partial charge in [0.25, 0.3) is 0 Å². The standard InChI is InChI=1S/C22H29FN4O4/c1-22(2,3)31-20(28)25-13-17-14-27(21(29)30-17)16-5-6-19(18(23)11-16)26-9-7-15(8-10-26)12-24-4/h5-6,11,15,17H,7-10,12-14H2,1-3H3,(H,25,28)/t17-/m0/s1. The Hall–Kier alpha value is -3.02. The third-order valence-corrected chi connectivity index (χ3v) is 5.29. The molecule has 1 atom stereocenters. The van der Waals surface area contributed by atoms with Crippen molar-refractivity contribution in [3.05, 3.63) is 35.4 Å². The molecule has 2 fully saturated rings. The number of nitrogens with zero attached hydrogens (tertiary/aromatic N) is 3. The highest BCUT2D eigenvalue weighted by molar-refractivity contribution is 5.90. The normalized spacial score (nSPS) is 19.7. The predicted molar refractivity (Wildman–Crippen MR) is 115 cm³/mol. The van der Waals surface area contributed by atoms with Gasteiger partial charge in [0.1, 0.15) is 17.5 Å². The van der Waals surface area contributed by atoms with Crippen LogP contribution in [-0.4, -0.2) is 56.6 Å². The van der Waals surface area contributed by atoms with Crippen LogP contribution in [0.15, 0.2) is 18.2 Å². The second-order valence-electron chi connectivity index (χ2n) is 8.91. The van der Waals surface area contributed by atoms with E-state index in [0.717, 1.165) is 12.8 Å². The SMILES string of the molecule is [C-]#[N+]CC1CCN(c2ccc(N3C[C@H](CNC(=O)OC(C)(C)C)OC3=O)cc2F)CC1. The first-order valence-corrected chi connectivity index (χ1v) is 10.5. The Morgan fingerprint density at radius 2 is 2.06 bits per heavy atom. The van der Waals surface area contributed by atoms with Gasteiger partial charge in [-0.15, -0.1) is 0 Å². The number of piperidine rings is 1. The fourth-order valence-corrected chi connectivity index (χ4v) is 3.76. The lowest BCUT2D eigenvalue weighted by Gasteiger charge is -2.32. The summed E-state index contributed by atoms with van der Waals surface area (Å²) < 4.78 is 25.3. The minimum Gasteiger partial charge on any atom is -0.444 e. The molecule has 0 bridgehead atoms. The zero-order chi connectivity index (χ0) is 22.6. The number of cyclic esters (lactones) is 1. The molecule has 0 radical (unpaired) electrons. The molecule has 2 amide bonds. The van der Waals surface area contributed by atoms with Crippen molar-refractivity contribution in [2.45, 2.75) is 45.3 Å². The van der Waals surface area contributed by atoms with Gasteiger partial charge in [-0.2, -0.15) is 0 Å². The van der Waals surface area contributed by atoms with Gasteiger partial charge in [0.05, 0.1) is 24.5 Å². The molecule has 31 heavy (non-hydrogen) atoms. The van der Waals surface area contributed by atoms with Crippen LogP contribution >= 0.6 is 0 Å². The molecular formula is C22H29FN4O4. The maximum Gasteiger partial charge on any atom is 0.414 e. The maximum absolute atomic E-state index is 14.8. The van der Waals surface area contributed by atoms with Crippen LogP contribution in [0.1, 0.15) is 33.6 Å². The van der Waals surface area contributed by atoms with E-state index in [9.17, 15) is 14.0 Å². The van der Waals surface area contributed by atoms with Gasteiger partial charge < -0.3 is 24.5 Å². The van der Waals surface area contributed by atoms with E-state index in [4.69, 9.17) is 16.0 Å². The van der Waals surface area contributed by atoms with Crippen molar-refractivity contribution in [2.24, 2.45) is 5.92 Å². The number of anilines is 2. The number of hydrogen-bond acceptors (Lipinski definition) is 5. The highest BCUT2D eigenvalue weighted by Crippen LogP contribution is 2.30. The van der Waals surface area contributed by atoms with Crippen molar-refractivity contribution >= 4 is 23.6 Å². The van der Waals surface area contributed by atoms with E-state index >= 15 is 0 Å². The van der Waals surface area contributed by atoms with E-state index in [1.54, 1.807) is 32.9 Å². The molecule has 0 saturated carbocycles. The number of nitrogens with one attached hydrogen (secondary N) is 1. The van der Waals surface area contributed by atoms with E-state index in [0.29, 0.717) is 36.9 Å². The van der Waals surface area contributed by atoms with Crippen molar-refractivity contribution in [2.75, 3.05) is 42.5 Å². The second kappa shape index (κ2) is 9.41. The number of carbonyl (C=O) groups excluding carboxylic acids is 2. The van der Waals surface area contributed by atoms with Crippen LogP contribution in [-0.2, 0) is 9.47 Å². The molecule has 2 aliphatic heterocycles. The van der Waals surface area contributed by atoms with Crippen molar-refractivity contribution in [3.8, 4) is 0 Å². The first-order chi connectivity index (χ1) is 14.7. The van der Waals surface area contributed by atoms with Crippen LogP contribution in [0.5, 0.6) is 0 Å². The molecule has 2 aliphatic rings. The smallest absolute Gasteiger partial charge is 0.414 e. The molecule has 0 aliphatic carbocycles. The summed E-state index contributed by atoms with van der Waals surface area (Å²) in [5.74, 6) is -0.0223. The van der Waals surface area contributed by atoms with Crippen LogP contribution < -0.4 is 15.1 Å². The summed E-state index contributed by atoms with van der Waals surface area (Å²) in [4.78, 5) is 30.8. The molecule has 0 unspecified atom stereocenters. The second-order valence-corrected chi connectivity index (χ2v) is 8.91. The van der Waals surface area contributed by atoms with Crippen LogP contribution in [0.3, 0.4) is 0 Å². The summed E-state index contributed by atoms with van der Waals surface area (Å²) in [7, 11) is 0. The Kier molecular flexibility index (Phi) is 6.88. The zero-order valence-electron chi connectivity index (χ0n) is 18.2. The van der Waals surface area contributed by atoms with Gasteiger partial charge in [-0.1, -0.05) is 0 Å². The molecule has 0 aromatic heterocycles. The number of alkyl carbamates (subject to hydrolysis) is 1. The maximum atomic E-state index is 14.8. The van der Waals surface area contributed by atoms with Crippen LogP contribution in [0.4, 0.5) is 25.4 Å². The first-order valence-electron chi connectivity index (χ1n) is 10.5. The van der Waals surface area contributed by atoms with Crippen LogP contribution in [0.2, 0.25) is 0 Å². The van der Waals surface area contributed by atoms with E-state index < -0.39 is 29.7 Å². The van der Waals surface area contributed by atoms with Crippen LogP contribution in [0.25, 0.3) is 4.85 Å². The lowest BCUT2D eigenvalue weighted by Crippen LogP contribution is -2.38. The molecule has 1 aromatic rings. The Balaban J connectivity index is 1.57. The van der Waals surface area contributed by atoms with Gasteiger partial charge >= 0.3 is 12.2 Å². The van der Waals surface area contributed by atoms with Crippen molar-refractivity contribution < 1.29 is 23.5 Å². The fourth-order valence-electron chi connectivity index (χ4n) is 3.76. The number of ether oxygens (including phenoxy) is 2. The van der Waals surface area contributed by atoms with E-state index in [1.807, 2.05) is 4.90 Å². The Labute approximate surface area is 182 Å². The average molecular weight is 432 g/mol. The number of amides is 2. The minimum absolute atomic E-state index is 0.108. The molecule has 1 N–H and O–H groups in total. The number of carbonyl (C=O) groups is 2. The monoisotopic (exact) mass is 432 g/mol. The number of benzene rings is 1. The van der Waals surface area contributed by atoms with E-state index in [2.05, 4.69) is 10.2 Å². The Morgan fingerprint density at radius 3 is 2.68 bits per heavy atom. The Bertz CT molecular complexity index is 856. The van der Waals surface area contributed by atoms with E-state index in [1.165, 1.54) is 11.0 Å². The third kappa shape index (κ3) is 6.00. The minimum atomic E-state index is -0.617. The molecule has 1 aromatic carbocycles. The first kappa shape index (κ1) is 22.7. The molecule has 8 nitrogen and oxygen atoms in total. The average Bonchev–Trinajstić information content (AvgIpc) is 3.07. The van der Waals surface area contributed by atoms with Gasteiger partial charge in [-0.25, -0.2) is 20.6 Å². The molecule has 9 heteroatoms. The lowest BCUT2D eigenvalue weighted by atomic mass is 9.96. The van der Waals surface area contributed by atoms with Gasteiger partial charge in [-0.05, 0) is 51.8 Å². The summed E-state index contributed by atoms with van der Waals surface area (Å²) in [6.07, 6.45) is 0.0211. The fraction of sp³-hybridized carbons (Fsp3) is 0.591. The van der Waals surface area contributed by atoms with Crippen molar-refractivity contribution in [1.82, 2.24) is 5.32 Å². The summed E-state index contributed by atoms with van der Waals surface area (Å²) in [5, 5.41) is 2.59. The lowest BCUT2D eigenvalue weighted by molar-refractivity contribution is 0.0496. The third-order valence-electron chi connectivity index (χ3n) is 5.29. The van der Waals surface area contributed by atoms with E-state index in [-0.39, 0.29) is 13.1 Å². The summed E-state index contributed by atoms with van der Waals surface area (Å²) >= 11 is 0. The van der Waals surface area contributed by atoms with Crippen molar-refractivity contribution in [3.63, 3.8) is 0 Å². The summed E-state index contributed by atoms with van der Waals surface area (Å²) in [5.41, 5.74) is 0.295. The summed E-state index contributed by atoms with van der Waals surface area (Å²) in [6.45, 7) is 14.5. The molecule has 168 valence electrons. The molecule has 0 spiro atoms. The highest BCUT2D eigenvalue weighted by atomic mass is 19.1. The number of rotatable bonds is 5. The Morgan fingerprint density at radius 1 is 1.35 bits per heavy atom. The molecule has 2 heterocycles. The largest absolute Gasteiger partial charge is 0.444 e.